The van der Waals surface area contributed by atoms with Gasteiger partial charge in [-0.2, -0.15) is 26.3 Å². The van der Waals surface area contributed by atoms with Gasteiger partial charge in [0.1, 0.15) is 41.3 Å². The van der Waals surface area contributed by atoms with Gasteiger partial charge in [-0.1, -0.05) is 72.3 Å². The second-order valence-electron chi connectivity index (χ2n) is 11.5. The van der Waals surface area contributed by atoms with E-state index in [1.165, 1.54) is 38.3 Å². The van der Waals surface area contributed by atoms with Gasteiger partial charge in [-0.25, -0.2) is 26.0 Å². The number of halogens is 6. The molecule has 52 heavy (non-hydrogen) atoms. The lowest BCUT2D eigenvalue weighted by atomic mass is 10.1. The smallest absolute Gasteiger partial charge is 0.485 e. The molecule has 8 nitrogen and oxygen atoms in total. The first kappa shape index (κ1) is 42.3. The van der Waals surface area contributed by atoms with Crippen LogP contribution in [0.25, 0.3) is 5.69 Å². The fourth-order valence-electron chi connectivity index (χ4n) is 5.61. The molecule has 5 rings (SSSR count). The van der Waals surface area contributed by atoms with Gasteiger partial charge in [-0.15, -0.1) is 0 Å². The normalized spacial score (nSPS) is 12.3. The molecule has 0 fully saturated rings. The average Bonchev–Trinajstić information content (AvgIpc) is 3.51. The van der Waals surface area contributed by atoms with E-state index in [-0.39, 0.29) is 0 Å². The second kappa shape index (κ2) is 17.2. The zero-order valence-electron chi connectivity index (χ0n) is 28.0. The first-order valence-corrected chi connectivity index (χ1v) is 20.1. The summed E-state index contributed by atoms with van der Waals surface area (Å²) in [4.78, 5) is 0. The van der Waals surface area contributed by atoms with Crippen molar-refractivity contribution in [2.24, 2.45) is 0 Å². The monoisotopic (exact) mass is 788 g/mol. The molecule has 4 aromatic carbocycles. The molecule has 0 spiro atoms. The molecule has 0 radical (unpaired) electrons. The van der Waals surface area contributed by atoms with E-state index in [0.29, 0.717) is 0 Å². The zero-order chi connectivity index (χ0) is 39.0. The molecule has 5 aromatic rings. The van der Waals surface area contributed by atoms with Crippen molar-refractivity contribution in [2.75, 3.05) is 6.16 Å². The largest absolute Gasteiger partial charge is 0.741 e. The molecule has 17 heteroatoms. The zero-order valence-corrected chi connectivity index (χ0v) is 30.6. The lowest BCUT2D eigenvalue weighted by Crippen LogP contribution is -2.36. The number of hydrogen-bond donors (Lipinski definition) is 0. The minimum absolute atomic E-state index is 0.991. The van der Waals surface area contributed by atoms with Crippen molar-refractivity contribution < 1.29 is 56.9 Å². The van der Waals surface area contributed by atoms with E-state index in [1.54, 1.807) is 0 Å². The van der Waals surface area contributed by atoms with E-state index >= 15 is 0 Å². The Balaban J connectivity index is 0.000000380. The molecule has 0 bridgehead atoms. The van der Waals surface area contributed by atoms with Gasteiger partial charge in [-0.3, -0.25) is 0 Å². The fourth-order valence-corrected chi connectivity index (χ4v) is 9.94. The van der Waals surface area contributed by atoms with E-state index in [4.69, 9.17) is 25.9 Å². The summed E-state index contributed by atoms with van der Waals surface area (Å²) >= 11 is 0. The molecule has 1 aromatic heterocycles. The van der Waals surface area contributed by atoms with Gasteiger partial charge in [0.15, 0.2) is 20.2 Å². The number of aryl methyl sites for hydroxylation is 4. The topological polar surface area (TPSA) is 123 Å². The standard InChI is InChI=1S/C33H35N2P.2CHF3O3S/c1-27-24-28(2)33(29(3)25-27)35-22-21-34(26-35)20-13-23-36(30-14-7-4-8-15-30,31-16-9-5-10-17-31)32-18-11-6-12-19-32;2*2-1(3,4)8(5,6)7/h4-12,14-19,21-22,24-26H,13,20,23H2,1-3H3;2*(H,5,6,7)/q+2;;/p-2. The van der Waals surface area contributed by atoms with Crippen LogP contribution in [0.4, 0.5) is 26.3 Å². The summed E-state index contributed by atoms with van der Waals surface area (Å²) in [7, 11) is -14.0. The van der Waals surface area contributed by atoms with Crippen LogP contribution in [-0.4, -0.2) is 47.7 Å². The Bertz CT molecular complexity index is 1970. The highest BCUT2D eigenvalue weighted by molar-refractivity contribution is 7.95. The van der Waals surface area contributed by atoms with Crippen LogP contribution >= 0.6 is 7.26 Å². The third kappa shape index (κ3) is 11.0. The van der Waals surface area contributed by atoms with E-state index in [1.807, 2.05) is 0 Å². The summed E-state index contributed by atoms with van der Waals surface area (Å²) in [6.45, 7) is 7.57. The molecule has 280 valence electrons. The first-order valence-electron chi connectivity index (χ1n) is 15.3. The van der Waals surface area contributed by atoms with Crippen molar-refractivity contribution in [3.63, 3.8) is 0 Å². The Morgan fingerprint density at radius 3 is 1.33 bits per heavy atom. The first-order chi connectivity index (χ1) is 24.1. The number of hydrogen-bond acceptors (Lipinski definition) is 6. The van der Waals surface area contributed by atoms with Crippen molar-refractivity contribution in [3.05, 3.63) is 139 Å². The van der Waals surface area contributed by atoms with Crippen LogP contribution in [0, 0.1) is 20.8 Å². The molecule has 0 aliphatic carbocycles. The number of alkyl halides is 6. The minimum Gasteiger partial charge on any atom is -0.741 e. The van der Waals surface area contributed by atoms with Crippen molar-refractivity contribution in [1.29, 1.82) is 0 Å². The predicted octanol–water partition coefficient (Wildman–Crippen LogP) is 6.18. The summed E-state index contributed by atoms with van der Waals surface area (Å²) in [5.41, 5.74) is -6.05. The lowest BCUT2D eigenvalue weighted by molar-refractivity contribution is -0.696. The highest BCUT2D eigenvalue weighted by atomic mass is 32.2. The third-order valence-corrected chi connectivity index (χ3v) is 13.3. The molecule has 0 saturated heterocycles. The van der Waals surface area contributed by atoms with Gasteiger partial charge in [0, 0.05) is 6.42 Å². The van der Waals surface area contributed by atoms with Crippen LogP contribution in [-0.2, 0) is 26.8 Å². The Morgan fingerprint density at radius 2 is 1.00 bits per heavy atom. The van der Waals surface area contributed by atoms with Crippen molar-refractivity contribution in [3.8, 4) is 5.69 Å². The number of nitrogens with zero attached hydrogens (tertiary/aromatic N) is 2. The molecule has 0 saturated carbocycles. The molecule has 0 amide bonds. The summed E-state index contributed by atoms with van der Waals surface area (Å²) in [6.07, 6.45) is 8.89. The van der Waals surface area contributed by atoms with Crippen molar-refractivity contribution in [1.82, 2.24) is 4.57 Å². The Kier molecular flexibility index (Phi) is 14.0. The summed E-state index contributed by atoms with van der Waals surface area (Å²) in [5.74, 6) is 0. The maximum atomic E-state index is 10.7. The van der Waals surface area contributed by atoms with Crippen LogP contribution in [0.5, 0.6) is 0 Å². The summed E-state index contributed by atoms with van der Waals surface area (Å²) < 4.78 is 122. The highest BCUT2D eigenvalue weighted by Gasteiger charge is 2.44. The summed E-state index contributed by atoms with van der Waals surface area (Å²) in [5, 5.41) is 4.36. The molecular formula is C35H35F6N2O6PS2. The molecule has 0 N–H and O–H groups in total. The minimum atomic E-state index is -6.09. The number of aromatic nitrogens is 2. The maximum Gasteiger partial charge on any atom is 0.485 e. The molecular weight excluding hydrogens is 753 g/mol. The van der Waals surface area contributed by atoms with Crippen LogP contribution in [0.15, 0.2) is 122 Å². The Labute approximate surface area is 299 Å². The second-order valence-corrected chi connectivity index (χ2v) is 17.9. The molecule has 0 atom stereocenters. The maximum absolute atomic E-state index is 10.7. The molecule has 0 unspecified atom stereocenters. The van der Waals surface area contributed by atoms with Crippen LogP contribution in [0.2, 0.25) is 0 Å². The lowest BCUT2D eigenvalue weighted by Gasteiger charge is -2.27. The van der Waals surface area contributed by atoms with Gasteiger partial charge in [0.2, 0.25) is 6.33 Å². The van der Waals surface area contributed by atoms with E-state index in [9.17, 15) is 26.3 Å². The van der Waals surface area contributed by atoms with E-state index in [0.717, 1.165) is 19.1 Å². The number of benzene rings is 4. The SMILES string of the molecule is Cc1cc(C)c(-n2cc[n+](CCC[P+](c3ccccc3)(c3ccccc3)c3ccccc3)c2)c(C)c1.O=S(=O)([O-])C(F)(F)F.O=S(=O)([O-])C(F)(F)F. The van der Waals surface area contributed by atoms with Crippen molar-refractivity contribution >= 4 is 43.4 Å². The molecule has 1 heterocycles. The van der Waals surface area contributed by atoms with Gasteiger partial charge < -0.3 is 9.11 Å². The van der Waals surface area contributed by atoms with Crippen LogP contribution < -0.4 is 20.5 Å². The van der Waals surface area contributed by atoms with E-state index < -0.39 is 38.5 Å². The number of rotatable bonds is 8. The third-order valence-electron chi connectivity index (χ3n) is 7.65. The molecule has 0 aliphatic rings. The van der Waals surface area contributed by atoms with Crippen LogP contribution in [0.1, 0.15) is 23.1 Å². The van der Waals surface area contributed by atoms with Gasteiger partial charge >= 0.3 is 11.0 Å². The van der Waals surface area contributed by atoms with Gasteiger partial charge in [0.25, 0.3) is 0 Å². The van der Waals surface area contributed by atoms with E-state index in [2.05, 4.69) is 152 Å². The number of imidazole rings is 1. The Hall–Kier alpha value is -4.08. The van der Waals surface area contributed by atoms with Crippen molar-refractivity contribution in [2.45, 2.75) is 44.8 Å². The molecule has 0 aliphatic heterocycles. The van der Waals surface area contributed by atoms with Gasteiger partial charge in [0.05, 0.1) is 12.7 Å². The Morgan fingerprint density at radius 1 is 0.654 bits per heavy atom. The highest BCUT2D eigenvalue weighted by Crippen LogP contribution is 2.55. The quantitative estimate of drug-likeness (QED) is 0.0609. The van der Waals surface area contributed by atoms with Crippen LogP contribution in [0.3, 0.4) is 0 Å². The fraction of sp³-hybridized carbons (Fsp3) is 0.229. The van der Waals surface area contributed by atoms with Gasteiger partial charge in [-0.05, 0) is 68.3 Å². The average molecular weight is 789 g/mol. The summed E-state index contributed by atoms with van der Waals surface area (Å²) in [6, 6.07) is 38.1. The predicted molar refractivity (Wildman–Crippen MR) is 186 cm³/mol.